The Morgan fingerprint density at radius 1 is 0.447 bits per heavy atom. The van der Waals surface area contributed by atoms with Gasteiger partial charge in [0.1, 0.15) is 12.6 Å². The molecule has 0 aromatic carbocycles. The van der Waals surface area contributed by atoms with E-state index in [9.17, 15) is 5.11 Å². The number of nitrogens with zero attached hydrogens (tertiary/aromatic N) is 1. The molecule has 0 aliphatic rings. The van der Waals surface area contributed by atoms with E-state index in [0.717, 1.165) is 24.1 Å². The van der Waals surface area contributed by atoms with E-state index in [4.69, 9.17) is 4.74 Å². The molecule has 3 nitrogen and oxygen atoms in total. The fraction of sp³-hybridized carbons (Fsp3) is 1.00. The molecule has 0 rings (SSSR count). The molecule has 0 heterocycles. The molecular weight excluding hydrogens is 466 g/mol. The average Bonchev–Trinajstić information content (AvgIpc) is 2.91. The van der Waals surface area contributed by atoms with Crippen molar-refractivity contribution < 1.29 is 14.3 Å². The van der Waals surface area contributed by atoms with Crippen LogP contribution in [-0.2, 0) is 4.74 Å². The quantitative estimate of drug-likeness (QED) is 0.0679. The minimum absolute atomic E-state index is 0.324. The summed E-state index contributed by atoms with van der Waals surface area (Å²) in [4.78, 5) is 0. The van der Waals surface area contributed by atoms with Crippen LogP contribution in [0.1, 0.15) is 182 Å². The number of quaternary nitrogens is 1. The Balaban J connectivity index is 4.88. The first-order valence-electron chi connectivity index (χ1n) is 17.7. The average molecular weight is 541 g/mol. The summed E-state index contributed by atoms with van der Waals surface area (Å²) in [6.45, 7) is 15.2. The normalized spacial score (nSPS) is 12.9. The summed E-state index contributed by atoms with van der Waals surface area (Å²) in [5.74, 6) is 0. The number of ether oxygens (including phenoxy) is 1. The fourth-order valence-electron chi connectivity index (χ4n) is 6.00. The monoisotopic (exact) mass is 541 g/mol. The van der Waals surface area contributed by atoms with Crippen LogP contribution in [0.3, 0.4) is 0 Å². The van der Waals surface area contributed by atoms with E-state index in [2.05, 4.69) is 27.7 Å². The Bertz CT molecular complexity index is 401. The standard InChI is InChI=1S/C35H74NO2/c1-5-9-13-17-21-25-29-36(30-26-22-18-14-10-6-2,31-27-23-19-15-11-7-3)33-35(37)34-38-32-28-24-20-16-12-8-4/h35,37H,5-34H2,1-4H3/q+1. The molecule has 0 aromatic rings. The van der Waals surface area contributed by atoms with Crippen molar-refractivity contribution in [2.75, 3.05) is 39.4 Å². The highest BCUT2D eigenvalue weighted by atomic mass is 16.5. The van der Waals surface area contributed by atoms with Crippen LogP contribution in [0, 0.1) is 0 Å². The van der Waals surface area contributed by atoms with Crippen molar-refractivity contribution >= 4 is 0 Å². The van der Waals surface area contributed by atoms with Crippen LogP contribution in [-0.4, -0.2) is 55.1 Å². The van der Waals surface area contributed by atoms with Gasteiger partial charge >= 0.3 is 0 Å². The molecule has 0 radical (unpaired) electrons. The predicted octanol–water partition coefficient (Wildman–Crippen LogP) is 10.6. The first-order chi connectivity index (χ1) is 18.6. The van der Waals surface area contributed by atoms with Gasteiger partial charge in [-0.2, -0.15) is 0 Å². The van der Waals surface area contributed by atoms with E-state index in [1.807, 2.05) is 0 Å². The summed E-state index contributed by atoms with van der Waals surface area (Å²) in [6, 6.07) is 0. The molecule has 0 saturated heterocycles. The highest BCUT2D eigenvalue weighted by molar-refractivity contribution is 4.59. The van der Waals surface area contributed by atoms with Gasteiger partial charge in [0.2, 0.25) is 0 Å². The number of aliphatic hydroxyl groups excluding tert-OH is 1. The van der Waals surface area contributed by atoms with Gasteiger partial charge in [-0.15, -0.1) is 0 Å². The first kappa shape index (κ1) is 37.9. The molecule has 1 unspecified atom stereocenters. The zero-order chi connectivity index (χ0) is 28.0. The Kier molecular flexibility index (Phi) is 29.8. The third-order valence-electron chi connectivity index (χ3n) is 8.51. The highest BCUT2D eigenvalue weighted by Crippen LogP contribution is 2.20. The lowest BCUT2D eigenvalue weighted by atomic mass is 10.1. The number of unbranched alkanes of at least 4 members (excludes halogenated alkanes) is 20. The maximum absolute atomic E-state index is 11.1. The third-order valence-corrected chi connectivity index (χ3v) is 8.51. The minimum Gasteiger partial charge on any atom is -0.385 e. The van der Waals surface area contributed by atoms with Crippen LogP contribution in [0.4, 0.5) is 0 Å². The second kappa shape index (κ2) is 29.9. The lowest BCUT2D eigenvalue weighted by molar-refractivity contribution is -0.931. The molecule has 0 spiro atoms. The van der Waals surface area contributed by atoms with Gasteiger partial charge in [0.05, 0.1) is 26.2 Å². The van der Waals surface area contributed by atoms with Gasteiger partial charge in [0.25, 0.3) is 0 Å². The maximum Gasteiger partial charge on any atom is 0.126 e. The van der Waals surface area contributed by atoms with E-state index < -0.39 is 0 Å². The molecule has 230 valence electrons. The Morgan fingerprint density at radius 2 is 0.763 bits per heavy atom. The lowest BCUT2D eigenvalue weighted by Gasteiger charge is -2.41. The molecule has 3 heteroatoms. The summed E-state index contributed by atoms with van der Waals surface area (Å²) < 4.78 is 7.13. The van der Waals surface area contributed by atoms with E-state index in [1.165, 1.54) is 167 Å². The van der Waals surface area contributed by atoms with Crippen LogP contribution < -0.4 is 0 Å². The summed E-state index contributed by atoms with van der Waals surface area (Å²) in [5.41, 5.74) is 0. The summed E-state index contributed by atoms with van der Waals surface area (Å²) in [6.07, 6.45) is 31.9. The fourth-order valence-corrected chi connectivity index (χ4v) is 6.00. The van der Waals surface area contributed by atoms with Gasteiger partial charge in [0, 0.05) is 6.61 Å². The second-order valence-electron chi connectivity index (χ2n) is 12.5. The van der Waals surface area contributed by atoms with Gasteiger partial charge in [0.15, 0.2) is 0 Å². The zero-order valence-electron chi connectivity index (χ0n) is 27.1. The van der Waals surface area contributed by atoms with Crippen LogP contribution >= 0.6 is 0 Å². The molecular formula is C35H74NO2+. The van der Waals surface area contributed by atoms with Crippen molar-refractivity contribution in [3.05, 3.63) is 0 Å². The number of rotatable bonds is 32. The Hall–Kier alpha value is -0.120. The van der Waals surface area contributed by atoms with E-state index in [1.54, 1.807) is 0 Å². The van der Waals surface area contributed by atoms with Crippen molar-refractivity contribution in [1.82, 2.24) is 0 Å². The summed E-state index contributed by atoms with van der Waals surface area (Å²) in [7, 11) is 0. The topological polar surface area (TPSA) is 29.5 Å². The van der Waals surface area contributed by atoms with Gasteiger partial charge < -0.3 is 14.3 Å². The van der Waals surface area contributed by atoms with Crippen molar-refractivity contribution in [2.24, 2.45) is 0 Å². The van der Waals surface area contributed by atoms with Crippen molar-refractivity contribution in [3.63, 3.8) is 0 Å². The SMILES string of the molecule is CCCCCCCCOCC(O)C[N+](CCCCCCCC)(CCCCCCCC)CCCCCCCC. The van der Waals surface area contributed by atoms with E-state index >= 15 is 0 Å². The molecule has 38 heavy (non-hydrogen) atoms. The minimum atomic E-state index is -0.324. The van der Waals surface area contributed by atoms with E-state index in [-0.39, 0.29) is 6.10 Å². The molecule has 0 bridgehead atoms. The number of hydrogen-bond donors (Lipinski definition) is 1. The largest absolute Gasteiger partial charge is 0.385 e. The van der Waals surface area contributed by atoms with Crippen molar-refractivity contribution in [3.8, 4) is 0 Å². The smallest absolute Gasteiger partial charge is 0.126 e. The van der Waals surface area contributed by atoms with Gasteiger partial charge in [-0.1, -0.05) is 137 Å². The van der Waals surface area contributed by atoms with E-state index in [0.29, 0.717) is 6.61 Å². The van der Waals surface area contributed by atoms with Crippen molar-refractivity contribution in [1.29, 1.82) is 0 Å². The first-order valence-corrected chi connectivity index (χ1v) is 17.7. The van der Waals surface area contributed by atoms with Gasteiger partial charge in [-0.05, 0) is 44.9 Å². The molecule has 1 atom stereocenters. The Morgan fingerprint density at radius 3 is 1.13 bits per heavy atom. The molecule has 0 saturated carbocycles. The van der Waals surface area contributed by atoms with Crippen LogP contribution in [0.5, 0.6) is 0 Å². The third kappa shape index (κ3) is 24.9. The van der Waals surface area contributed by atoms with Gasteiger partial charge in [-0.3, -0.25) is 0 Å². The zero-order valence-corrected chi connectivity index (χ0v) is 27.1. The molecule has 0 fully saturated rings. The Labute approximate surface area is 241 Å². The predicted molar refractivity (Wildman–Crippen MR) is 170 cm³/mol. The summed E-state index contributed by atoms with van der Waals surface area (Å²) >= 11 is 0. The molecule has 0 aliphatic heterocycles. The molecule has 0 aromatic heterocycles. The number of hydrogen-bond acceptors (Lipinski definition) is 2. The van der Waals surface area contributed by atoms with Crippen molar-refractivity contribution in [2.45, 2.75) is 188 Å². The summed E-state index contributed by atoms with van der Waals surface area (Å²) in [5, 5.41) is 11.1. The molecule has 1 N–H and O–H groups in total. The lowest BCUT2D eigenvalue weighted by Crippen LogP contribution is -2.54. The molecule has 0 amide bonds. The maximum atomic E-state index is 11.1. The van der Waals surface area contributed by atoms with Gasteiger partial charge in [-0.25, -0.2) is 0 Å². The highest BCUT2D eigenvalue weighted by Gasteiger charge is 2.29. The van der Waals surface area contributed by atoms with Crippen LogP contribution in [0.25, 0.3) is 0 Å². The number of aliphatic hydroxyl groups is 1. The van der Waals surface area contributed by atoms with Crippen LogP contribution in [0.2, 0.25) is 0 Å². The van der Waals surface area contributed by atoms with Crippen LogP contribution in [0.15, 0.2) is 0 Å². The molecule has 0 aliphatic carbocycles. The second-order valence-corrected chi connectivity index (χ2v) is 12.5.